The summed E-state index contributed by atoms with van der Waals surface area (Å²) in [5.41, 5.74) is 0. The minimum Gasteiger partial charge on any atom is -0.491 e. The van der Waals surface area contributed by atoms with E-state index in [0.29, 0.717) is 32.2 Å². The number of methoxy groups -OCH3 is 1. The third kappa shape index (κ3) is 5.63. The Hall–Kier alpha value is -1.20. The van der Waals surface area contributed by atoms with Gasteiger partial charge in [0.2, 0.25) is 5.95 Å². The van der Waals surface area contributed by atoms with Gasteiger partial charge >= 0.3 is 0 Å². The Balaban J connectivity index is 2.03. The first-order chi connectivity index (χ1) is 7.83. The molecule has 0 N–H and O–H groups in total. The molecule has 0 amide bonds. The number of halogens is 1. The predicted molar refractivity (Wildman–Crippen MR) is 57.0 cm³/mol. The zero-order chi connectivity index (χ0) is 11.6. The predicted octanol–water partition coefficient (Wildman–Crippen LogP) is 1.65. The lowest BCUT2D eigenvalue weighted by Crippen LogP contribution is -2.08. The van der Waals surface area contributed by atoms with Crippen LogP contribution in [-0.2, 0) is 9.47 Å². The number of nitrogens with zero attached hydrogens (tertiary/aromatic N) is 1. The molecule has 0 aliphatic carbocycles. The van der Waals surface area contributed by atoms with Crippen LogP contribution >= 0.6 is 0 Å². The summed E-state index contributed by atoms with van der Waals surface area (Å²) in [6, 6.07) is 2.85. The fourth-order valence-corrected chi connectivity index (χ4v) is 1.10. The summed E-state index contributed by atoms with van der Waals surface area (Å²) >= 11 is 0. The van der Waals surface area contributed by atoms with Crippen LogP contribution in [0.1, 0.15) is 6.42 Å². The number of ether oxygens (including phenoxy) is 3. The Morgan fingerprint density at radius 2 is 2.12 bits per heavy atom. The van der Waals surface area contributed by atoms with Gasteiger partial charge in [0.1, 0.15) is 12.4 Å². The third-order valence-corrected chi connectivity index (χ3v) is 1.83. The molecule has 0 saturated heterocycles. The van der Waals surface area contributed by atoms with Gasteiger partial charge in [-0.05, 0) is 12.5 Å². The van der Waals surface area contributed by atoms with Crippen LogP contribution in [0, 0.1) is 5.95 Å². The van der Waals surface area contributed by atoms with Gasteiger partial charge in [-0.25, -0.2) is 4.98 Å². The lowest BCUT2D eigenvalue weighted by atomic mass is 10.4. The van der Waals surface area contributed by atoms with Crippen molar-refractivity contribution in [2.75, 3.05) is 33.5 Å². The second kappa shape index (κ2) is 8.01. The highest BCUT2D eigenvalue weighted by Gasteiger charge is 1.96. The van der Waals surface area contributed by atoms with Crippen molar-refractivity contribution in [1.29, 1.82) is 0 Å². The maximum absolute atomic E-state index is 12.6. The normalized spacial score (nSPS) is 10.4. The summed E-state index contributed by atoms with van der Waals surface area (Å²) in [4.78, 5) is 3.43. The minimum absolute atomic E-state index is 0.399. The van der Waals surface area contributed by atoms with Gasteiger partial charge in [0.15, 0.2) is 0 Å². The summed E-state index contributed by atoms with van der Waals surface area (Å²) < 4.78 is 28.0. The quantitative estimate of drug-likeness (QED) is 0.502. The molecule has 0 saturated carbocycles. The van der Waals surface area contributed by atoms with E-state index in [4.69, 9.17) is 14.2 Å². The largest absolute Gasteiger partial charge is 0.491 e. The van der Waals surface area contributed by atoms with Gasteiger partial charge in [0, 0.05) is 32.6 Å². The molecule has 0 aliphatic heterocycles. The number of hydrogen-bond acceptors (Lipinski definition) is 4. The number of pyridine rings is 1. The zero-order valence-corrected chi connectivity index (χ0v) is 9.32. The van der Waals surface area contributed by atoms with E-state index in [1.165, 1.54) is 12.3 Å². The summed E-state index contributed by atoms with van der Waals surface area (Å²) in [6.07, 6.45) is 2.23. The summed E-state index contributed by atoms with van der Waals surface area (Å²) in [5, 5.41) is 0. The average Bonchev–Trinajstić information content (AvgIpc) is 2.28. The Labute approximate surface area is 94.3 Å². The fourth-order valence-electron chi connectivity index (χ4n) is 1.10. The smallest absolute Gasteiger partial charge is 0.216 e. The molecule has 0 atom stereocenters. The second-order valence-electron chi connectivity index (χ2n) is 3.12. The van der Waals surface area contributed by atoms with E-state index in [1.807, 2.05) is 0 Å². The monoisotopic (exact) mass is 229 g/mol. The van der Waals surface area contributed by atoms with Crippen molar-refractivity contribution in [3.05, 3.63) is 24.3 Å². The molecule has 0 aliphatic rings. The molecule has 16 heavy (non-hydrogen) atoms. The Morgan fingerprint density at radius 3 is 2.88 bits per heavy atom. The molecule has 1 aromatic heterocycles. The van der Waals surface area contributed by atoms with E-state index in [1.54, 1.807) is 13.2 Å². The van der Waals surface area contributed by atoms with Crippen molar-refractivity contribution >= 4 is 0 Å². The van der Waals surface area contributed by atoms with E-state index in [9.17, 15) is 4.39 Å². The van der Waals surface area contributed by atoms with Gasteiger partial charge in [-0.2, -0.15) is 4.39 Å². The van der Waals surface area contributed by atoms with E-state index in [2.05, 4.69) is 4.98 Å². The van der Waals surface area contributed by atoms with Crippen LogP contribution in [0.3, 0.4) is 0 Å². The molecule has 5 heteroatoms. The zero-order valence-electron chi connectivity index (χ0n) is 9.32. The highest BCUT2D eigenvalue weighted by Crippen LogP contribution is 2.09. The van der Waals surface area contributed by atoms with Crippen molar-refractivity contribution in [2.24, 2.45) is 0 Å². The topological polar surface area (TPSA) is 40.6 Å². The second-order valence-corrected chi connectivity index (χ2v) is 3.12. The SMILES string of the molecule is COCCCOCCOc1ccnc(F)c1. The van der Waals surface area contributed by atoms with Crippen LogP contribution in [0.25, 0.3) is 0 Å². The first-order valence-corrected chi connectivity index (χ1v) is 5.14. The van der Waals surface area contributed by atoms with Gasteiger partial charge in [0.25, 0.3) is 0 Å². The van der Waals surface area contributed by atoms with Crippen LogP contribution in [0.5, 0.6) is 5.75 Å². The van der Waals surface area contributed by atoms with Gasteiger partial charge in [-0.1, -0.05) is 0 Å². The first kappa shape index (κ1) is 12.9. The third-order valence-electron chi connectivity index (χ3n) is 1.83. The standard InChI is InChI=1S/C11H16FNO3/c1-14-5-2-6-15-7-8-16-10-3-4-13-11(12)9-10/h3-4,9H,2,5-8H2,1H3. The van der Waals surface area contributed by atoms with Crippen molar-refractivity contribution in [3.8, 4) is 5.75 Å². The van der Waals surface area contributed by atoms with Crippen LogP contribution in [-0.4, -0.2) is 38.5 Å². The summed E-state index contributed by atoms with van der Waals surface area (Å²) in [5.74, 6) is -0.0773. The summed E-state index contributed by atoms with van der Waals surface area (Å²) in [6.45, 7) is 2.21. The van der Waals surface area contributed by atoms with Crippen molar-refractivity contribution in [1.82, 2.24) is 4.98 Å². The molecular formula is C11H16FNO3. The molecule has 90 valence electrons. The average molecular weight is 229 g/mol. The lowest BCUT2D eigenvalue weighted by molar-refractivity contribution is 0.0805. The van der Waals surface area contributed by atoms with E-state index in [-0.39, 0.29) is 0 Å². The van der Waals surface area contributed by atoms with Gasteiger partial charge in [-0.15, -0.1) is 0 Å². The van der Waals surface area contributed by atoms with Crippen LogP contribution in [0.15, 0.2) is 18.3 Å². The molecule has 0 fully saturated rings. The molecule has 0 aromatic carbocycles. The van der Waals surface area contributed by atoms with Gasteiger partial charge in [0.05, 0.1) is 6.61 Å². The first-order valence-electron chi connectivity index (χ1n) is 5.14. The van der Waals surface area contributed by atoms with Crippen molar-refractivity contribution < 1.29 is 18.6 Å². The van der Waals surface area contributed by atoms with Crippen molar-refractivity contribution in [2.45, 2.75) is 6.42 Å². The number of hydrogen-bond donors (Lipinski definition) is 0. The molecule has 1 rings (SSSR count). The molecular weight excluding hydrogens is 213 g/mol. The van der Waals surface area contributed by atoms with Crippen LogP contribution in [0.2, 0.25) is 0 Å². The number of rotatable bonds is 8. The van der Waals surface area contributed by atoms with E-state index < -0.39 is 5.95 Å². The molecule has 0 spiro atoms. The fraction of sp³-hybridized carbons (Fsp3) is 0.545. The Bertz CT molecular complexity index is 296. The Morgan fingerprint density at radius 1 is 1.25 bits per heavy atom. The summed E-state index contributed by atoms with van der Waals surface area (Å²) in [7, 11) is 1.65. The highest BCUT2D eigenvalue weighted by molar-refractivity contribution is 5.17. The van der Waals surface area contributed by atoms with Crippen LogP contribution < -0.4 is 4.74 Å². The minimum atomic E-state index is -0.543. The maximum Gasteiger partial charge on any atom is 0.216 e. The molecule has 4 nitrogen and oxygen atoms in total. The van der Waals surface area contributed by atoms with Crippen molar-refractivity contribution in [3.63, 3.8) is 0 Å². The van der Waals surface area contributed by atoms with E-state index in [0.717, 1.165) is 6.42 Å². The van der Waals surface area contributed by atoms with Gasteiger partial charge < -0.3 is 14.2 Å². The molecule has 0 unspecified atom stereocenters. The molecule has 1 aromatic rings. The lowest BCUT2D eigenvalue weighted by Gasteiger charge is -2.06. The molecule has 0 radical (unpaired) electrons. The molecule has 1 heterocycles. The molecule has 0 bridgehead atoms. The van der Waals surface area contributed by atoms with Gasteiger partial charge in [-0.3, -0.25) is 0 Å². The van der Waals surface area contributed by atoms with E-state index >= 15 is 0 Å². The highest BCUT2D eigenvalue weighted by atomic mass is 19.1. The number of aromatic nitrogens is 1. The Kier molecular flexibility index (Phi) is 6.44. The van der Waals surface area contributed by atoms with Crippen LogP contribution in [0.4, 0.5) is 4.39 Å². The maximum atomic E-state index is 12.6.